The van der Waals surface area contributed by atoms with Crippen molar-refractivity contribution in [2.75, 3.05) is 7.11 Å². The smallest absolute Gasteiger partial charge is 0.122 e. The van der Waals surface area contributed by atoms with E-state index in [1.165, 1.54) is 22.3 Å². The molecule has 0 bridgehead atoms. The Morgan fingerprint density at radius 1 is 1.19 bits per heavy atom. The molecule has 90 valence electrons. The Morgan fingerprint density at radius 3 is 2.19 bits per heavy atom. The van der Waals surface area contributed by atoms with Gasteiger partial charge in [0.1, 0.15) is 5.75 Å². The molecule has 1 rings (SSSR count). The van der Waals surface area contributed by atoms with E-state index in [4.69, 9.17) is 10.5 Å². The lowest BCUT2D eigenvalue weighted by molar-refractivity contribution is 0.410. The lowest BCUT2D eigenvalue weighted by Crippen LogP contribution is -2.35. The average Bonchev–Trinajstić information content (AvgIpc) is 2.17. The first-order chi connectivity index (χ1) is 7.26. The summed E-state index contributed by atoms with van der Waals surface area (Å²) in [5.41, 5.74) is 11.1. The fourth-order valence-electron chi connectivity index (χ4n) is 2.04. The van der Waals surface area contributed by atoms with Gasteiger partial charge < -0.3 is 10.5 Å². The van der Waals surface area contributed by atoms with Crippen LogP contribution in [0.25, 0.3) is 0 Å². The van der Waals surface area contributed by atoms with Crippen molar-refractivity contribution in [3.05, 3.63) is 28.3 Å². The molecular formula is C14H23NO. The molecule has 0 atom stereocenters. The molecule has 2 nitrogen and oxygen atoms in total. The number of ether oxygens (including phenoxy) is 1. The summed E-state index contributed by atoms with van der Waals surface area (Å²) in [6, 6.07) is 2.10. The van der Waals surface area contributed by atoms with E-state index in [1.54, 1.807) is 7.11 Å². The lowest BCUT2D eigenvalue weighted by Gasteiger charge is -2.23. The number of benzene rings is 1. The van der Waals surface area contributed by atoms with E-state index in [0.29, 0.717) is 0 Å². The third-order valence-electron chi connectivity index (χ3n) is 3.06. The van der Waals surface area contributed by atoms with Crippen LogP contribution in [0.5, 0.6) is 5.75 Å². The molecule has 0 aromatic heterocycles. The number of aryl methyl sites for hydroxylation is 1. The minimum Gasteiger partial charge on any atom is -0.496 e. The van der Waals surface area contributed by atoms with Crippen LogP contribution in [-0.4, -0.2) is 12.6 Å². The van der Waals surface area contributed by atoms with Crippen LogP contribution in [0.15, 0.2) is 6.07 Å². The largest absolute Gasteiger partial charge is 0.496 e. The standard InChI is InChI=1S/C14H23NO/c1-9-7-13(16-6)11(3)10(2)12(9)8-14(4,5)15/h7H,8,15H2,1-6H3. The fraction of sp³-hybridized carbons (Fsp3) is 0.571. The van der Waals surface area contributed by atoms with Gasteiger partial charge in [0.2, 0.25) is 0 Å². The molecule has 0 unspecified atom stereocenters. The van der Waals surface area contributed by atoms with Crippen molar-refractivity contribution in [3.8, 4) is 5.75 Å². The van der Waals surface area contributed by atoms with E-state index < -0.39 is 0 Å². The number of hydrogen-bond acceptors (Lipinski definition) is 2. The van der Waals surface area contributed by atoms with Gasteiger partial charge in [-0.2, -0.15) is 0 Å². The van der Waals surface area contributed by atoms with Gasteiger partial charge in [0.15, 0.2) is 0 Å². The molecule has 0 radical (unpaired) electrons. The fourth-order valence-corrected chi connectivity index (χ4v) is 2.04. The SMILES string of the molecule is COc1cc(C)c(CC(C)(C)N)c(C)c1C. The first-order valence-electron chi connectivity index (χ1n) is 5.69. The number of rotatable bonds is 3. The molecular weight excluding hydrogens is 198 g/mol. The zero-order chi connectivity index (χ0) is 12.5. The van der Waals surface area contributed by atoms with E-state index in [-0.39, 0.29) is 5.54 Å². The Bertz CT molecular complexity index is 389. The quantitative estimate of drug-likeness (QED) is 0.851. The average molecular weight is 221 g/mol. The van der Waals surface area contributed by atoms with Crippen LogP contribution >= 0.6 is 0 Å². The normalized spacial score (nSPS) is 11.7. The minimum absolute atomic E-state index is 0.170. The van der Waals surface area contributed by atoms with Crippen molar-refractivity contribution in [1.82, 2.24) is 0 Å². The Morgan fingerprint density at radius 2 is 1.75 bits per heavy atom. The summed E-state index contributed by atoms with van der Waals surface area (Å²) < 4.78 is 5.36. The van der Waals surface area contributed by atoms with Crippen LogP contribution in [0.2, 0.25) is 0 Å². The summed E-state index contributed by atoms with van der Waals surface area (Å²) in [7, 11) is 1.72. The zero-order valence-electron chi connectivity index (χ0n) is 11.3. The van der Waals surface area contributed by atoms with Gasteiger partial charge in [0.05, 0.1) is 7.11 Å². The van der Waals surface area contributed by atoms with Gasteiger partial charge in [0.25, 0.3) is 0 Å². The molecule has 2 N–H and O–H groups in total. The van der Waals surface area contributed by atoms with E-state index in [2.05, 4.69) is 40.7 Å². The minimum atomic E-state index is -0.170. The van der Waals surface area contributed by atoms with Gasteiger partial charge in [0, 0.05) is 5.54 Å². The molecule has 0 saturated carbocycles. The second-order valence-corrected chi connectivity index (χ2v) is 5.29. The van der Waals surface area contributed by atoms with Crippen molar-refractivity contribution in [3.63, 3.8) is 0 Å². The Labute approximate surface area is 98.8 Å². The molecule has 0 saturated heterocycles. The van der Waals surface area contributed by atoms with Crippen molar-refractivity contribution < 1.29 is 4.74 Å². The van der Waals surface area contributed by atoms with E-state index in [9.17, 15) is 0 Å². The summed E-state index contributed by atoms with van der Waals surface area (Å²) in [6.07, 6.45) is 0.898. The van der Waals surface area contributed by atoms with Crippen LogP contribution in [0.1, 0.15) is 36.1 Å². The maximum atomic E-state index is 6.09. The molecule has 0 fully saturated rings. The van der Waals surface area contributed by atoms with Crippen molar-refractivity contribution in [2.24, 2.45) is 5.73 Å². The van der Waals surface area contributed by atoms with Gasteiger partial charge in [-0.3, -0.25) is 0 Å². The highest BCUT2D eigenvalue weighted by molar-refractivity contribution is 5.48. The molecule has 0 aliphatic heterocycles. The molecule has 1 aromatic rings. The molecule has 0 spiro atoms. The monoisotopic (exact) mass is 221 g/mol. The van der Waals surface area contributed by atoms with Gasteiger partial charge in [-0.1, -0.05) is 0 Å². The second kappa shape index (κ2) is 4.46. The molecule has 0 aliphatic carbocycles. The molecule has 0 heterocycles. The van der Waals surface area contributed by atoms with Crippen LogP contribution in [-0.2, 0) is 6.42 Å². The van der Waals surface area contributed by atoms with E-state index >= 15 is 0 Å². The Balaban J connectivity index is 3.26. The van der Waals surface area contributed by atoms with Gasteiger partial charge in [-0.25, -0.2) is 0 Å². The van der Waals surface area contributed by atoms with E-state index in [0.717, 1.165) is 12.2 Å². The highest BCUT2D eigenvalue weighted by Gasteiger charge is 2.17. The lowest BCUT2D eigenvalue weighted by atomic mass is 9.88. The summed E-state index contributed by atoms with van der Waals surface area (Å²) in [5.74, 6) is 0.966. The topological polar surface area (TPSA) is 35.2 Å². The van der Waals surface area contributed by atoms with Crippen molar-refractivity contribution in [2.45, 2.75) is 46.6 Å². The highest BCUT2D eigenvalue weighted by atomic mass is 16.5. The van der Waals surface area contributed by atoms with Crippen LogP contribution in [0, 0.1) is 20.8 Å². The molecule has 0 amide bonds. The van der Waals surface area contributed by atoms with Crippen molar-refractivity contribution in [1.29, 1.82) is 0 Å². The third-order valence-corrected chi connectivity index (χ3v) is 3.06. The van der Waals surface area contributed by atoms with E-state index in [1.807, 2.05) is 0 Å². The predicted octanol–water partition coefficient (Wildman–Crippen LogP) is 2.90. The Hall–Kier alpha value is -1.02. The first kappa shape index (κ1) is 13.0. The zero-order valence-corrected chi connectivity index (χ0v) is 11.3. The highest BCUT2D eigenvalue weighted by Crippen LogP contribution is 2.29. The number of nitrogens with two attached hydrogens (primary N) is 1. The number of methoxy groups -OCH3 is 1. The molecule has 16 heavy (non-hydrogen) atoms. The van der Waals surface area contributed by atoms with Crippen LogP contribution in [0.3, 0.4) is 0 Å². The third kappa shape index (κ3) is 2.76. The van der Waals surface area contributed by atoms with Crippen molar-refractivity contribution >= 4 is 0 Å². The maximum absolute atomic E-state index is 6.09. The summed E-state index contributed by atoms with van der Waals surface area (Å²) in [4.78, 5) is 0. The molecule has 0 aliphatic rings. The first-order valence-corrected chi connectivity index (χ1v) is 5.69. The molecule has 1 aromatic carbocycles. The number of hydrogen-bond donors (Lipinski definition) is 1. The summed E-state index contributed by atoms with van der Waals surface area (Å²) in [5, 5.41) is 0. The molecule has 2 heteroatoms. The summed E-state index contributed by atoms with van der Waals surface area (Å²) >= 11 is 0. The summed E-state index contributed by atoms with van der Waals surface area (Å²) in [6.45, 7) is 10.5. The second-order valence-electron chi connectivity index (χ2n) is 5.29. The predicted molar refractivity (Wildman–Crippen MR) is 69.2 cm³/mol. The van der Waals surface area contributed by atoms with Gasteiger partial charge in [-0.05, 0) is 69.4 Å². The maximum Gasteiger partial charge on any atom is 0.122 e. The van der Waals surface area contributed by atoms with Crippen LogP contribution in [0.4, 0.5) is 0 Å². The Kier molecular flexibility index (Phi) is 3.64. The van der Waals surface area contributed by atoms with Gasteiger partial charge in [-0.15, -0.1) is 0 Å². The van der Waals surface area contributed by atoms with Crippen LogP contribution < -0.4 is 10.5 Å². The van der Waals surface area contributed by atoms with Gasteiger partial charge >= 0.3 is 0 Å².